The Labute approximate surface area is 113 Å². The van der Waals surface area contributed by atoms with Gasteiger partial charge in [-0.2, -0.15) is 0 Å². The third-order valence-corrected chi connectivity index (χ3v) is 3.37. The molecule has 1 aliphatic heterocycles. The highest BCUT2D eigenvalue weighted by atomic mass is 16.5. The van der Waals surface area contributed by atoms with E-state index in [2.05, 4.69) is 0 Å². The van der Waals surface area contributed by atoms with E-state index in [-0.39, 0.29) is 11.9 Å². The van der Waals surface area contributed by atoms with Crippen molar-refractivity contribution in [2.75, 3.05) is 13.2 Å². The van der Waals surface area contributed by atoms with Crippen molar-refractivity contribution in [1.29, 1.82) is 0 Å². The van der Waals surface area contributed by atoms with Crippen LogP contribution in [0, 0.1) is 6.92 Å². The first-order valence-electron chi connectivity index (χ1n) is 6.67. The van der Waals surface area contributed by atoms with Crippen molar-refractivity contribution in [2.45, 2.75) is 32.7 Å². The molecule has 1 aromatic rings. The average molecular weight is 261 g/mol. The molecule has 1 aliphatic rings. The second-order valence-corrected chi connectivity index (χ2v) is 4.77. The van der Waals surface area contributed by atoms with Crippen molar-refractivity contribution < 1.29 is 14.3 Å². The number of nitrogens with zero attached hydrogens (tertiary/aromatic N) is 1. The molecule has 1 atom stereocenters. The van der Waals surface area contributed by atoms with E-state index in [1.165, 1.54) is 0 Å². The number of carbonyl (C=O) groups excluding carboxylic acids is 2. The lowest BCUT2D eigenvalue weighted by atomic mass is 10.1. The highest BCUT2D eigenvalue weighted by molar-refractivity contribution is 5.97. The Bertz CT molecular complexity index is 467. The summed E-state index contributed by atoms with van der Waals surface area (Å²) in [4.78, 5) is 25.9. The van der Waals surface area contributed by atoms with E-state index >= 15 is 0 Å². The smallest absolute Gasteiger partial charge is 0.328 e. The maximum Gasteiger partial charge on any atom is 0.328 e. The molecule has 1 unspecified atom stereocenters. The van der Waals surface area contributed by atoms with Crippen LogP contribution in [0.15, 0.2) is 24.3 Å². The molecule has 0 N–H and O–H groups in total. The van der Waals surface area contributed by atoms with E-state index in [1.807, 2.05) is 19.1 Å². The number of hydrogen-bond donors (Lipinski definition) is 0. The minimum absolute atomic E-state index is 0.0875. The van der Waals surface area contributed by atoms with Crippen LogP contribution in [-0.4, -0.2) is 36.0 Å². The number of esters is 1. The molecular formula is C15H19NO3. The molecule has 1 fully saturated rings. The summed E-state index contributed by atoms with van der Waals surface area (Å²) in [5.41, 5.74) is 1.74. The molecular weight excluding hydrogens is 242 g/mol. The van der Waals surface area contributed by atoms with Crippen LogP contribution >= 0.6 is 0 Å². The largest absolute Gasteiger partial charge is 0.464 e. The Balaban J connectivity index is 2.13. The lowest BCUT2D eigenvalue weighted by Gasteiger charge is -2.23. The number of benzene rings is 1. The van der Waals surface area contributed by atoms with Crippen molar-refractivity contribution in [3.8, 4) is 0 Å². The Morgan fingerprint density at radius 1 is 1.32 bits per heavy atom. The summed E-state index contributed by atoms with van der Waals surface area (Å²) in [6.07, 6.45) is 1.54. The van der Waals surface area contributed by atoms with Crippen LogP contribution in [0.25, 0.3) is 0 Å². The minimum Gasteiger partial charge on any atom is -0.464 e. The minimum atomic E-state index is -0.422. The first kappa shape index (κ1) is 13.6. The maximum atomic E-state index is 12.4. The van der Waals surface area contributed by atoms with Gasteiger partial charge in [0, 0.05) is 12.1 Å². The zero-order valence-electron chi connectivity index (χ0n) is 11.4. The molecule has 1 saturated heterocycles. The monoisotopic (exact) mass is 261 g/mol. The highest BCUT2D eigenvalue weighted by Crippen LogP contribution is 2.21. The third kappa shape index (κ3) is 2.95. The van der Waals surface area contributed by atoms with Gasteiger partial charge in [-0.05, 0) is 38.8 Å². The third-order valence-electron chi connectivity index (χ3n) is 3.37. The van der Waals surface area contributed by atoms with Crippen molar-refractivity contribution in [1.82, 2.24) is 4.90 Å². The molecule has 0 radical (unpaired) electrons. The molecule has 0 spiro atoms. The molecule has 4 nitrogen and oxygen atoms in total. The Kier molecular flexibility index (Phi) is 4.20. The number of aryl methyl sites for hydroxylation is 1. The van der Waals surface area contributed by atoms with Crippen molar-refractivity contribution in [2.24, 2.45) is 0 Å². The van der Waals surface area contributed by atoms with Gasteiger partial charge in [0.15, 0.2) is 0 Å². The standard InChI is InChI=1S/C15H19NO3/c1-3-19-15(18)13-5-4-10-16(13)14(17)12-8-6-11(2)7-9-12/h6-9,13H,3-5,10H2,1-2H3. The molecule has 1 amide bonds. The van der Waals surface area contributed by atoms with E-state index in [9.17, 15) is 9.59 Å². The highest BCUT2D eigenvalue weighted by Gasteiger charge is 2.35. The van der Waals surface area contributed by atoms with E-state index in [0.717, 1.165) is 12.0 Å². The molecule has 0 aromatic heterocycles. The van der Waals surface area contributed by atoms with Gasteiger partial charge in [0.2, 0.25) is 0 Å². The summed E-state index contributed by atoms with van der Waals surface area (Å²) in [6, 6.07) is 7.00. The summed E-state index contributed by atoms with van der Waals surface area (Å²) in [5.74, 6) is -0.379. The fraction of sp³-hybridized carbons (Fsp3) is 0.467. The van der Waals surface area contributed by atoms with Crippen LogP contribution in [0.2, 0.25) is 0 Å². The summed E-state index contributed by atoms with van der Waals surface area (Å²) >= 11 is 0. The quantitative estimate of drug-likeness (QED) is 0.783. The van der Waals surface area contributed by atoms with Gasteiger partial charge in [-0.25, -0.2) is 4.79 Å². The Morgan fingerprint density at radius 3 is 2.63 bits per heavy atom. The zero-order chi connectivity index (χ0) is 13.8. The second kappa shape index (κ2) is 5.87. The fourth-order valence-electron chi connectivity index (χ4n) is 2.36. The first-order chi connectivity index (χ1) is 9.13. The van der Waals surface area contributed by atoms with E-state index in [1.54, 1.807) is 24.0 Å². The zero-order valence-corrected chi connectivity index (χ0v) is 11.4. The van der Waals surface area contributed by atoms with Gasteiger partial charge >= 0.3 is 5.97 Å². The normalized spacial score (nSPS) is 18.4. The number of ether oxygens (including phenoxy) is 1. The predicted octanol–water partition coefficient (Wildman–Crippen LogP) is 2.16. The van der Waals surface area contributed by atoms with Gasteiger partial charge in [0.1, 0.15) is 6.04 Å². The topological polar surface area (TPSA) is 46.6 Å². The predicted molar refractivity (Wildman–Crippen MR) is 71.9 cm³/mol. The van der Waals surface area contributed by atoms with Crippen LogP contribution < -0.4 is 0 Å². The van der Waals surface area contributed by atoms with Crippen molar-refractivity contribution >= 4 is 11.9 Å². The SMILES string of the molecule is CCOC(=O)C1CCCN1C(=O)c1ccc(C)cc1. The lowest BCUT2D eigenvalue weighted by Crippen LogP contribution is -2.41. The van der Waals surface area contributed by atoms with Crippen LogP contribution in [0.3, 0.4) is 0 Å². The number of rotatable bonds is 3. The van der Waals surface area contributed by atoms with Crippen molar-refractivity contribution in [3.63, 3.8) is 0 Å². The van der Waals surface area contributed by atoms with Crippen LogP contribution in [0.1, 0.15) is 35.7 Å². The first-order valence-corrected chi connectivity index (χ1v) is 6.67. The van der Waals surface area contributed by atoms with Crippen molar-refractivity contribution in [3.05, 3.63) is 35.4 Å². The van der Waals surface area contributed by atoms with Crippen LogP contribution in [-0.2, 0) is 9.53 Å². The van der Waals surface area contributed by atoms with E-state index < -0.39 is 6.04 Å². The van der Waals surface area contributed by atoms with Crippen LogP contribution in [0.5, 0.6) is 0 Å². The number of likely N-dealkylation sites (tertiary alicyclic amines) is 1. The van der Waals surface area contributed by atoms with Gasteiger partial charge in [-0.3, -0.25) is 4.79 Å². The molecule has 19 heavy (non-hydrogen) atoms. The van der Waals surface area contributed by atoms with E-state index in [4.69, 9.17) is 4.74 Å². The Morgan fingerprint density at radius 2 is 2.00 bits per heavy atom. The van der Waals surface area contributed by atoms with Crippen LogP contribution in [0.4, 0.5) is 0 Å². The van der Waals surface area contributed by atoms with Gasteiger partial charge in [0.25, 0.3) is 5.91 Å². The van der Waals surface area contributed by atoms with Gasteiger partial charge in [-0.1, -0.05) is 17.7 Å². The molecule has 2 rings (SSSR count). The van der Waals surface area contributed by atoms with Gasteiger partial charge in [0.05, 0.1) is 6.61 Å². The number of hydrogen-bond acceptors (Lipinski definition) is 3. The molecule has 0 bridgehead atoms. The van der Waals surface area contributed by atoms with Gasteiger partial charge in [-0.15, -0.1) is 0 Å². The van der Waals surface area contributed by atoms with E-state index in [0.29, 0.717) is 25.1 Å². The molecule has 1 heterocycles. The summed E-state index contributed by atoms with van der Waals surface area (Å²) in [7, 11) is 0. The lowest BCUT2D eigenvalue weighted by molar-refractivity contribution is -0.147. The molecule has 4 heteroatoms. The summed E-state index contributed by atoms with van der Waals surface area (Å²) in [6.45, 7) is 4.72. The number of carbonyl (C=O) groups is 2. The second-order valence-electron chi connectivity index (χ2n) is 4.77. The fourth-order valence-corrected chi connectivity index (χ4v) is 2.36. The molecule has 102 valence electrons. The summed E-state index contributed by atoms with van der Waals surface area (Å²) < 4.78 is 5.03. The molecule has 1 aromatic carbocycles. The molecule has 0 saturated carbocycles. The Hall–Kier alpha value is -1.84. The molecule has 0 aliphatic carbocycles. The summed E-state index contributed by atoms with van der Waals surface area (Å²) in [5, 5.41) is 0. The maximum absolute atomic E-state index is 12.4. The van der Waals surface area contributed by atoms with Gasteiger partial charge < -0.3 is 9.64 Å². The number of amides is 1. The average Bonchev–Trinajstić information content (AvgIpc) is 2.88.